The molecule has 0 unspecified atom stereocenters. The first-order valence-electron chi connectivity index (χ1n) is 8.42. The molecule has 1 amide bonds. The molecule has 1 fully saturated rings. The van der Waals surface area contributed by atoms with E-state index in [0.29, 0.717) is 18.1 Å². The van der Waals surface area contributed by atoms with Crippen molar-refractivity contribution < 1.29 is 4.79 Å². The molecule has 0 bridgehead atoms. The Hall–Kier alpha value is -2.57. The molecule has 2 heterocycles. The van der Waals surface area contributed by atoms with E-state index in [-0.39, 0.29) is 11.9 Å². The fourth-order valence-electron chi connectivity index (χ4n) is 4.17. The summed E-state index contributed by atoms with van der Waals surface area (Å²) in [4.78, 5) is 23.0. The SMILES string of the molecule is Cc1ccc2c(c1N1C(N)=NC(N)=NC13CCCCC3)CNC2=O. The van der Waals surface area contributed by atoms with E-state index in [1.165, 1.54) is 6.42 Å². The van der Waals surface area contributed by atoms with Crippen LogP contribution >= 0.6 is 0 Å². The lowest BCUT2D eigenvalue weighted by Crippen LogP contribution is -2.58. The molecule has 4 rings (SSSR count). The Balaban J connectivity index is 1.92. The van der Waals surface area contributed by atoms with Gasteiger partial charge in [0, 0.05) is 17.7 Å². The zero-order chi connectivity index (χ0) is 16.9. The largest absolute Gasteiger partial charge is 0.369 e. The molecule has 126 valence electrons. The van der Waals surface area contributed by atoms with Crippen molar-refractivity contribution in [2.75, 3.05) is 4.90 Å². The van der Waals surface area contributed by atoms with Crippen LogP contribution in [-0.2, 0) is 6.54 Å². The van der Waals surface area contributed by atoms with Crippen LogP contribution in [0.25, 0.3) is 0 Å². The standard InChI is InChI=1S/C17H22N6O/c1-10-5-6-11-12(9-20-14(11)24)13(10)23-16(19)21-15(18)22-17(23)7-3-2-4-8-17/h5-6H,2-4,7-9H2,1H3,(H,20,24)(H4,18,19,21,22). The van der Waals surface area contributed by atoms with Gasteiger partial charge in [0.15, 0.2) is 0 Å². The summed E-state index contributed by atoms with van der Waals surface area (Å²) in [5, 5.41) is 2.90. The van der Waals surface area contributed by atoms with Gasteiger partial charge in [0.05, 0.1) is 5.69 Å². The zero-order valence-corrected chi connectivity index (χ0v) is 13.8. The van der Waals surface area contributed by atoms with Gasteiger partial charge >= 0.3 is 0 Å². The molecule has 7 heteroatoms. The number of carbonyl (C=O) groups excluding carboxylic acids is 1. The van der Waals surface area contributed by atoms with Gasteiger partial charge in [-0.15, -0.1) is 0 Å². The van der Waals surface area contributed by atoms with Crippen molar-refractivity contribution in [1.29, 1.82) is 0 Å². The Bertz CT molecular complexity index is 776. The third-order valence-corrected chi connectivity index (χ3v) is 5.23. The molecule has 3 aliphatic rings. The second-order valence-corrected chi connectivity index (χ2v) is 6.76. The second-order valence-electron chi connectivity index (χ2n) is 6.76. The van der Waals surface area contributed by atoms with E-state index in [2.05, 4.69) is 10.3 Å². The Kier molecular flexibility index (Phi) is 3.26. The third kappa shape index (κ3) is 2.07. The normalized spacial score (nSPS) is 22.0. The van der Waals surface area contributed by atoms with Crippen molar-refractivity contribution in [3.8, 4) is 0 Å². The summed E-state index contributed by atoms with van der Waals surface area (Å²) in [6.07, 6.45) is 5.11. The number of nitrogens with zero attached hydrogens (tertiary/aromatic N) is 3. The molecule has 0 atom stereocenters. The minimum Gasteiger partial charge on any atom is -0.369 e. The average molecular weight is 326 g/mol. The molecule has 2 aliphatic heterocycles. The number of benzene rings is 1. The van der Waals surface area contributed by atoms with Crippen molar-refractivity contribution in [2.24, 2.45) is 21.5 Å². The predicted molar refractivity (Wildman–Crippen MR) is 93.9 cm³/mol. The molecule has 1 aromatic rings. The number of anilines is 1. The smallest absolute Gasteiger partial charge is 0.251 e. The molecule has 7 nitrogen and oxygen atoms in total. The Morgan fingerprint density at radius 3 is 2.71 bits per heavy atom. The lowest BCUT2D eigenvalue weighted by Gasteiger charge is -2.46. The minimum atomic E-state index is -0.486. The molecular weight excluding hydrogens is 304 g/mol. The van der Waals surface area contributed by atoms with Crippen molar-refractivity contribution >= 4 is 23.5 Å². The molecule has 24 heavy (non-hydrogen) atoms. The molecule has 1 aliphatic carbocycles. The van der Waals surface area contributed by atoms with Crippen LogP contribution in [0.15, 0.2) is 22.1 Å². The number of guanidine groups is 2. The first-order valence-corrected chi connectivity index (χ1v) is 8.42. The molecule has 5 N–H and O–H groups in total. The number of fused-ring (bicyclic) bond motifs is 1. The van der Waals surface area contributed by atoms with Gasteiger partial charge in [-0.2, -0.15) is 4.99 Å². The lowest BCUT2D eigenvalue weighted by atomic mass is 9.86. The Labute approximate surface area is 140 Å². The van der Waals surface area contributed by atoms with Crippen LogP contribution in [0.4, 0.5) is 5.69 Å². The second kappa shape index (κ2) is 5.22. The van der Waals surface area contributed by atoms with Crippen LogP contribution in [0.3, 0.4) is 0 Å². The molecule has 1 aromatic carbocycles. The number of nitrogens with one attached hydrogen (secondary N) is 1. The number of aryl methyl sites for hydroxylation is 1. The number of amides is 1. The minimum absolute atomic E-state index is 0.0421. The van der Waals surface area contributed by atoms with Crippen LogP contribution in [0.1, 0.15) is 53.6 Å². The maximum Gasteiger partial charge on any atom is 0.251 e. The Morgan fingerprint density at radius 1 is 1.21 bits per heavy atom. The quantitative estimate of drug-likeness (QED) is 0.723. The van der Waals surface area contributed by atoms with E-state index in [0.717, 1.165) is 42.5 Å². The van der Waals surface area contributed by atoms with Gasteiger partial charge in [-0.1, -0.05) is 12.5 Å². The van der Waals surface area contributed by atoms with Crippen molar-refractivity contribution in [1.82, 2.24) is 5.32 Å². The summed E-state index contributed by atoms with van der Waals surface area (Å²) in [6.45, 7) is 2.54. The number of aliphatic imine (C=N–C) groups is 2. The highest BCUT2D eigenvalue weighted by Gasteiger charge is 2.44. The van der Waals surface area contributed by atoms with E-state index in [4.69, 9.17) is 16.5 Å². The maximum atomic E-state index is 12.1. The summed E-state index contributed by atoms with van der Waals surface area (Å²) in [5.74, 6) is 0.560. The Morgan fingerprint density at radius 2 is 1.96 bits per heavy atom. The molecular formula is C17H22N6O. The van der Waals surface area contributed by atoms with E-state index >= 15 is 0 Å². The molecule has 1 saturated carbocycles. The predicted octanol–water partition coefficient (Wildman–Crippen LogP) is 1.35. The van der Waals surface area contributed by atoms with Crippen molar-refractivity contribution in [3.05, 3.63) is 28.8 Å². The van der Waals surface area contributed by atoms with Gasteiger partial charge in [-0.05, 0) is 44.2 Å². The average Bonchev–Trinajstić information content (AvgIpc) is 2.91. The molecule has 0 saturated heterocycles. The number of nitrogens with two attached hydrogens (primary N) is 2. The lowest BCUT2D eigenvalue weighted by molar-refractivity contribution is 0.0966. The highest BCUT2D eigenvalue weighted by atomic mass is 16.1. The van der Waals surface area contributed by atoms with Gasteiger partial charge in [-0.3, -0.25) is 9.69 Å². The van der Waals surface area contributed by atoms with E-state index in [1.807, 2.05) is 24.0 Å². The molecule has 1 spiro atoms. The van der Waals surface area contributed by atoms with E-state index in [9.17, 15) is 4.79 Å². The van der Waals surface area contributed by atoms with Crippen molar-refractivity contribution in [3.63, 3.8) is 0 Å². The molecule has 0 aromatic heterocycles. The topological polar surface area (TPSA) is 109 Å². The van der Waals surface area contributed by atoms with E-state index in [1.54, 1.807) is 0 Å². The highest BCUT2D eigenvalue weighted by molar-refractivity contribution is 6.08. The summed E-state index contributed by atoms with van der Waals surface area (Å²) in [7, 11) is 0. The van der Waals surface area contributed by atoms with Crippen LogP contribution in [0.5, 0.6) is 0 Å². The van der Waals surface area contributed by atoms with Gasteiger partial charge in [0.25, 0.3) is 5.91 Å². The van der Waals surface area contributed by atoms with E-state index < -0.39 is 5.66 Å². The molecule has 0 radical (unpaired) electrons. The van der Waals surface area contributed by atoms with Crippen molar-refractivity contribution in [2.45, 2.75) is 51.2 Å². The number of rotatable bonds is 1. The first-order chi connectivity index (χ1) is 11.5. The number of hydrogen-bond acceptors (Lipinski definition) is 6. The summed E-state index contributed by atoms with van der Waals surface area (Å²) < 4.78 is 0. The van der Waals surface area contributed by atoms with Crippen LogP contribution in [0.2, 0.25) is 0 Å². The van der Waals surface area contributed by atoms with Gasteiger partial charge in [0.2, 0.25) is 11.9 Å². The summed E-state index contributed by atoms with van der Waals surface area (Å²) in [6, 6.07) is 3.84. The third-order valence-electron chi connectivity index (χ3n) is 5.23. The van der Waals surface area contributed by atoms with Gasteiger partial charge < -0.3 is 16.8 Å². The van der Waals surface area contributed by atoms with Gasteiger partial charge in [0.1, 0.15) is 5.66 Å². The maximum absolute atomic E-state index is 12.1. The monoisotopic (exact) mass is 326 g/mol. The summed E-state index contributed by atoms with van der Waals surface area (Å²) in [5.41, 5.74) is 15.4. The number of carbonyl (C=O) groups is 1. The van der Waals surface area contributed by atoms with Crippen LogP contribution in [-0.4, -0.2) is 23.5 Å². The van der Waals surface area contributed by atoms with Gasteiger partial charge in [-0.25, -0.2) is 4.99 Å². The fourth-order valence-corrected chi connectivity index (χ4v) is 4.17. The van der Waals surface area contributed by atoms with Crippen LogP contribution < -0.4 is 21.7 Å². The summed E-state index contributed by atoms with van der Waals surface area (Å²) >= 11 is 0. The highest BCUT2D eigenvalue weighted by Crippen LogP contribution is 2.43. The zero-order valence-electron chi connectivity index (χ0n) is 13.8. The fraction of sp³-hybridized carbons (Fsp3) is 0.471. The first kappa shape index (κ1) is 15.0. The number of hydrogen-bond donors (Lipinski definition) is 3. The van der Waals surface area contributed by atoms with Crippen LogP contribution in [0, 0.1) is 6.92 Å².